The Bertz CT molecular complexity index is 734. The number of amides is 1. The first-order valence-corrected chi connectivity index (χ1v) is 9.74. The maximum Gasteiger partial charge on any atom is 0.255 e. The van der Waals surface area contributed by atoms with Crippen LogP contribution in [0.3, 0.4) is 0 Å². The van der Waals surface area contributed by atoms with E-state index in [9.17, 15) is 4.79 Å². The number of morpholine rings is 1. The number of aromatic nitrogens is 1. The molecule has 6 heteroatoms. The quantitative estimate of drug-likeness (QED) is 0.847. The van der Waals surface area contributed by atoms with Gasteiger partial charge in [-0.05, 0) is 36.9 Å². The van der Waals surface area contributed by atoms with Crippen molar-refractivity contribution in [1.82, 2.24) is 14.8 Å². The summed E-state index contributed by atoms with van der Waals surface area (Å²) in [5.74, 6) is 0.134. The Hall–Kier alpha value is -1.76. The minimum atomic E-state index is 0.125. The predicted molar refractivity (Wildman–Crippen MR) is 97.8 cm³/mol. The van der Waals surface area contributed by atoms with E-state index in [2.05, 4.69) is 22.0 Å². The van der Waals surface area contributed by atoms with Crippen molar-refractivity contribution in [3.05, 3.63) is 52.0 Å². The first kappa shape index (κ1) is 16.7. The number of carbonyl (C=O) groups excluding carboxylic acids is 1. The number of piperidine rings is 1. The van der Waals surface area contributed by atoms with E-state index in [1.54, 1.807) is 11.3 Å². The number of ether oxygens (including phenoxy) is 1. The van der Waals surface area contributed by atoms with Gasteiger partial charge >= 0.3 is 0 Å². The molecular weight excluding hydrogens is 334 g/mol. The lowest BCUT2D eigenvalue weighted by molar-refractivity contribution is -0.0915. The van der Waals surface area contributed by atoms with Crippen LogP contribution in [0.15, 0.2) is 35.0 Å². The normalized spacial score (nSPS) is 24.1. The molecule has 2 aliphatic heterocycles. The number of pyridine rings is 1. The fraction of sp³-hybridized carbons (Fsp3) is 0.474. The van der Waals surface area contributed by atoms with Gasteiger partial charge in [-0.25, -0.2) is 0 Å². The molecule has 25 heavy (non-hydrogen) atoms. The second-order valence-corrected chi connectivity index (χ2v) is 7.56. The van der Waals surface area contributed by atoms with Crippen molar-refractivity contribution in [2.75, 3.05) is 26.2 Å². The van der Waals surface area contributed by atoms with Gasteiger partial charge in [0.15, 0.2) is 0 Å². The van der Waals surface area contributed by atoms with Crippen molar-refractivity contribution < 1.29 is 9.53 Å². The van der Waals surface area contributed by atoms with Crippen LogP contribution >= 0.6 is 11.3 Å². The van der Waals surface area contributed by atoms with Crippen molar-refractivity contribution in [3.63, 3.8) is 0 Å². The number of hydrogen-bond acceptors (Lipinski definition) is 5. The van der Waals surface area contributed by atoms with E-state index >= 15 is 0 Å². The molecule has 132 valence electrons. The van der Waals surface area contributed by atoms with E-state index in [4.69, 9.17) is 4.74 Å². The van der Waals surface area contributed by atoms with E-state index in [0.717, 1.165) is 43.0 Å². The molecule has 0 N–H and O–H groups in total. The van der Waals surface area contributed by atoms with Gasteiger partial charge in [-0.3, -0.25) is 14.7 Å². The minimum absolute atomic E-state index is 0.125. The molecule has 0 aromatic carbocycles. The number of nitrogens with zero attached hydrogens (tertiary/aromatic N) is 3. The zero-order chi connectivity index (χ0) is 17.2. The molecule has 0 aliphatic carbocycles. The molecule has 0 spiro atoms. The third kappa shape index (κ3) is 3.61. The number of aryl methyl sites for hydroxylation is 1. The summed E-state index contributed by atoms with van der Waals surface area (Å²) in [5, 5.41) is 3.89. The summed E-state index contributed by atoms with van der Waals surface area (Å²) in [6.07, 6.45) is 1.11. The van der Waals surface area contributed by atoms with Crippen LogP contribution in [0.25, 0.3) is 0 Å². The first-order valence-electron chi connectivity index (χ1n) is 8.80. The Morgan fingerprint density at radius 3 is 3.08 bits per heavy atom. The number of thiophene rings is 1. The Kier molecular flexibility index (Phi) is 4.83. The molecule has 2 aliphatic rings. The summed E-state index contributed by atoms with van der Waals surface area (Å²) in [7, 11) is 0. The molecule has 0 bridgehead atoms. The first-order chi connectivity index (χ1) is 12.2. The lowest BCUT2D eigenvalue weighted by Crippen LogP contribution is -2.61. The van der Waals surface area contributed by atoms with Crippen LogP contribution in [0.1, 0.15) is 28.2 Å². The molecule has 4 rings (SSSR count). The summed E-state index contributed by atoms with van der Waals surface area (Å²) >= 11 is 1.57. The highest BCUT2D eigenvalue weighted by Crippen LogP contribution is 2.26. The van der Waals surface area contributed by atoms with Crippen LogP contribution in [-0.4, -0.2) is 59.1 Å². The average Bonchev–Trinajstić information content (AvgIpc) is 3.15. The van der Waals surface area contributed by atoms with Gasteiger partial charge in [-0.15, -0.1) is 0 Å². The summed E-state index contributed by atoms with van der Waals surface area (Å²) in [6, 6.07) is 8.19. The van der Waals surface area contributed by atoms with Crippen molar-refractivity contribution in [3.8, 4) is 0 Å². The zero-order valence-electron chi connectivity index (χ0n) is 14.4. The van der Waals surface area contributed by atoms with Crippen molar-refractivity contribution >= 4 is 17.2 Å². The molecule has 2 atom stereocenters. The highest BCUT2D eigenvalue weighted by molar-refractivity contribution is 7.08. The van der Waals surface area contributed by atoms with Gasteiger partial charge in [-0.2, -0.15) is 11.3 Å². The van der Waals surface area contributed by atoms with Gasteiger partial charge < -0.3 is 9.64 Å². The highest BCUT2D eigenvalue weighted by atomic mass is 32.1. The smallest absolute Gasteiger partial charge is 0.255 e. The van der Waals surface area contributed by atoms with Gasteiger partial charge in [0.1, 0.15) is 0 Å². The zero-order valence-corrected chi connectivity index (χ0v) is 15.2. The topological polar surface area (TPSA) is 45.7 Å². The van der Waals surface area contributed by atoms with Crippen LogP contribution < -0.4 is 0 Å². The molecule has 2 aromatic heterocycles. The largest absolute Gasteiger partial charge is 0.374 e. The lowest BCUT2D eigenvalue weighted by atomic mass is 9.97. The Balaban J connectivity index is 1.48. The van der Waals surface area contributed by atoms with Crippen molar-refractivity contribution in [1.29, 1.82) is 0 Å². The molecule has 0 saturated carbocycles. The second kappa shape index (κ2) is 7.23. The maximum absolute atomic E-state index is 12.9. The van der Waals surface area contributed by atoms with Crippen molar-refractivity contribution in [2.24, 2.45) is 0 Å². The van der Waals surface area contributed by atoms with Crippen molar-refractivity contribution in [2.45, 2.75) is 32.0 Å². The highest BCUT2D eigenvalue weighted by Gasteiger charge is 2.39. The fourth-order valence-corrected chi connectivity index (χ4v) is 4.43. The second-order valence-electron chi connectivity index (χ2n) is 6.78. The van der Waals surface area contributed by atoms with Gasteiger partial charge in [0, 0.05) is 37.3 Å². The van der Waals surface area contributed by atoms with Crippen LogP contribution in [-0.2, 0) is 11.3 Å². The van der Waals surface area contributed by atoms with Crippen LogP contribution in [0.4, 0.5) is 0 Å². The van der Waals surface area contributed by atoms with Crippen LogP contribution in [0.2, 0.25) is 0 Å². The maximum atomic E-state index is 12.9. The number of rotatable bonds is 3. The average molecular weight is 357 g/mol. The minimum Gasteiger partial charge on any atom is -0.374 e. The van der Waals surface area contributed by atoms with Crippen LogP contribution in [0, 0.1) is 6.92 Å². The van der Waals surface area contributed by atoms with Gasteiger partial charge in [0.2, 0.25) is 0 Å². The molecule has 1 amide bonds. The summed E-state index contributed by atoms with van der Waals surface area (Å²) in [5.41, 5.74) is 2.93. The molecule has 5 nitrogen and oxygen atoms in total. The van der Waals surface area contributed by atoms with Gasteiger partial charge in [-0.1, -0.05) is 6.07 Å². The summed E-state index contributed by atoms with van der Waals surface area (Å²) < 4.78 is 5.96. The predicted octanol–water partition coefficient (Wildman–Crippen LogP) is 2.57. The SMILES string of the molecule is Cc1cccc(CN2CC[C@H]3OCCN(C(=O)c4ccsc4)[C@@H]3C2)n1. The van der Waals surface area contributed by atoms with Crippen LogP contribution in [0.5, 0.6) is 0 Å². The standard InChI is InChI=1S/C19H23N3O2S/c1-14-3-2-4-16(20-14)11-21-7-5-18-17(12-21)22(8-9-24-18)19(23)15-6-10-25-13-15/h2-4,6,10,13,17-18H,5,7-9,11-12H2,1H3/t17-,18-/m1/s1. The Morgan fingerprint density at radius 1 is 1.36 bits per heavy atom. The molecule has 0 radical (unpaired) electrons. The van der Waals surface area contributed by atoms with E-state index in [0.29, 0.717) is 13.2 Å². The molecule has 0 unspecified atom stereocenters. The molecule has 4 heterocycles. The molecule has 2 fully saturated rings. The van der Waals surface area contributed by atoms with Gasteiger partial charge in [0.05, 0.1) is 30.0 Å². The van der Waals surface area contributed by atoms with E-state index < -0.39 is 0 Å². The number of hydrogen-bond donors (Lipinski definition) is 0. The third-order valence-corrected chi connectivity index (χ3v) is 5.71. The number of carbonyl (C=O) groups is 1. The number of likely N-dealkylation sites (tertiary alicyclic amines) is 1. The lowest BCUT2D eigenvalue weighted by Gasteiger charge is -2.47. The number of fused-ring (bicyclic) bond motifs is 1. The Morgan fingerprint density at radius 2 is 2.28 bits per heavy atom. The third-order valence-electron chi connectivity index (χ3n) is 5.03. The Labute approximate surface area is 152 Å². The molecule has 2 saturated heterocycles. The van der Waals surface area contributed by atoms with E-state index in [-0.39, 0.29) is 18.1 Å². The molecular formula is C19H23N3O2S. The van der Waals surface area contributed by atoms with E-state index in [1.807, 2.05) is 34.7 Å². The fourth-order valence-electron chi connectivity index (χ4n) is 3.80. The molecule has 2 aromatic rings. The monoisotopic (exact) mass is 357 g/mol. The van der Waals surface area contributed by atoms with Gasteiger partial charge in [0.25, 0.3) is 5.91 Å². The van der Waals surface area contributed by atoms with E-state index in [1.165, 1.54) is 0 Å². The summed E-state index contributed by atoms with van der Waals surface area (Å²) in [6.45, 7) is 5.98. The summed E-state index contributed by atoms with van der Waals surface area (Å²) in [4.78, 5) is 21.9.